The number of amides is 2. The van der Waals surface area contributed by atoms with Gasteiger partial charge in [0.2, 0.25) is 11.8 Å². The van der Waals surface area contributed by atoms with E-state index < -0.39 is 5.91 Å². The standard InChI is InChI=1S/C14H22N2O2/c1-13(2)7-4-8-11(12(18)16-6-10(15)17)14(8,3)9(13)5-7/h7-9,11H,4-6H2,1-3H3,(H2,15,17)(H,16,18)/t7-,8?,9+,11?,14?/m1/s1. The highest BCUT2D eigenvalue weighted by Crippen LogP contribution is 2.80. The van der Waals surface area contributed by atoms with Crippen LogP contribution in [0.15, 0.2) is 0 Å². The molecule has 2 bridgehead atoms. The number of hydrogen-bond acceptors (Lipinski definition) is 2. The van der Waals surface area contributed by atoms with Gasteiger partial charge in [0.15, 0.2) is 0 Å². The summed E-state index contributed by atoms with van der Waals surface area (Å²) in [6.07, 6.45) is 2.45. The second kappa shape index (κ2) is 3.28. The molecule has 0 aromatic rings. The van der Waals surface area contributed by atoms with E-state index in [-0.39, 0.29) is 23.8 Å². The van der Waals surface area contributed by atoms with Gasteiger partial charge >= 0.3 is 0 Å². The van der Waals surface area contributed by atoms with Crippen molar-refractivity contribution >= 4 is 11.8 Å². The topological polar surface area (TPSA) is 72.2 Å². The highest BCUT2D eigenvalue weighted by Gasteiger charge is 2.77. The van der Waals surface area contributed by atoms with Crippen molar-refractivity contribution in [2.24, 2.45) is 40.2 Å². The fraction of sp³-hybridized carbons (Fsp3) is 0.857. The number of primary amides is 1. The number of nitrogens with one attached hydrogen (secondary N) is 1. The van der Waals surface area contributed by atoms with E-state index >= 15 is 0 Å². The van der Waals surface area contributed by atoms with Crippen molar-refractivity contribution in [3.05, 3.63) is 0 Å². The molecule has 0 aromatic carbocycles. The fourth-order valence-electron chi connectivity index (χ4n) is 5.02. The minimum Gasteiger partial charge on any atom is -0.368 e. The SMILES string of the molecule is CC12C(C[C@@H]3C[C@H]1C3(C)C)C2C(=O)NCC(N)=O. The Kier molecular flexibility index (Phi) is 2.19. The Labute approximate surface area is 108 Å². The second-order valence-corrected chi connectivity index (χ2v) is 7.18. The first-order valence-corrected chi connectivity index (χ1v) is 6.85. The maximum Gasteiger partial charge on any atom is 0.236 e. The Morgan fingerprint density at radius 2 is 1.94 bits per heavy atom. The van der Waals surface area contributed by atoms with Crippen LogP contribution in [0.4, 0.5) is 0 Å². The molecule has 0 saturated heterocycles. The average Bonchev–Trinajstić information content (AvgIpc) is 2.90. The molecule has 0 spiro atoms. The molecule has 0 radical (unpaired) electrons. The highest BCUT2D eigenvalue weighted by molar-refractivity contribution is 5.87. The van der Waals surface area contributed by atoms with Gasteiger partial charge in [0.1, 0.15) is 0 Å². The second-order valence-electron chi connectivity index (χ2n) is 7.18. The van der Waals surface area contributed by atoms with Gasteiger partial charge in [-0.15, -0.1) is 0 Å². The van der Waals surface area contributed by atoms with E-state index in [2.05, 4.69) is 26.1 Å². The summed E-state index contributed by atoms with van der Waals surface area (Å²) in [5, 5.41) is 2.68. The summed E-state index contributed by atoms with van der Waals surface area (Å²) in [4.78, 5) is 22.9. The van der Waals surface area contributed by atoms with Crippen molar-refractivity contribution in [3.63, 3.8) is 0 Å². The van der Waals surface area contributed by atoms with Crippen LogP contribution in [0.3, 0.4) is 0 Å². The average molecular weight is 250 g/mol. The van der Waals surface area contributed by atoms with Crippen LogP contribution in [0.2, 0.25) is 0 Å². The van der Waals surface area contributed by atoms with Gasteiger partial charge in [-0.3, -0.25) is 9.59 Å². The lowest BCUT2D eigenvalue weighted by Gasteiger charge is -2.59. The van der Waals surface area contributed by atoms with E-state index in [9.17, 15) is 9.59 Å². The highest BCUT2D eigenvalue weighted by atomic mass is 16.2. The largest absolute Gasteiger partial charge is 0.368 e. The molecule has 5 atom stereocenters. The van der Waals surface area contributed by atoms with Gasteiger partial charge < -0.3 is 11.1 Å². The first-order valence-electron chi connectivity index (χ1n) is 6.85. The first kappa shape index (κ1) is 12.0. The van der Waals surface area contributed by atoms with Gasteiger partial charge in [0, 0.05) is 5.92 Å². The van der Waals surface area contributed by atoms with E-state index in [4.69, 9.17) is 5.73 Å². The lowest BCUT2D eigenvalue weighted by molar-refractivity contribution is -0.128. The molecular weight excluding hydrogens is 228 g/mol. The van der Waals surface area contributed by atoms with Crippen LogP contribution < -0.4 is 11.1 Å². The molecule has 0 aromatic heterocycles. The quantitative estimate of drug-likeness (QED) is 0.781. The predicted octanol–water partition coefficient (Wildman–Crippen LogP) is 0.906. The van der Waals surface area contributed by atoms with Gasteiger partial charge in [-0.05, 0) is 41.4 Å². The van der Waals surface area contributed by atoms with Gasteiger partial charge in [-0.25, -0.2) is 0 Å². The minimum atomic E-state index is -0.471. The number of carbonyl (C=O) groups is 2. The molecule has 4 aliphatic rings. The number of hydrogen-bond donors (Lipinski definition) is 2. The predicted molar refractivity (Wildman–Crippen MR) is 67.3 cm³/mol. The van der Waals surface area contributed by atoms with Gasteiger partial charge in [-0.1, -0.05) is 20.8 Å². The summed E-state index contributed by atoms with van der Waals surface area (Å²) < 4.78 is 0. The van der Waals surface area contributed by atoms with E-state index in [1.54, 1.807) is 0 Å². The third kappa shape index (κ3) is 1.26. The summed E-state index contributed by atoms with van der Waals surface area (Å²) in [5.74, 6) is 1.65. The van der Waals surface area contributed by atoms with Crippen LogP contribution in [0, 0.1) is 34.5 Å². The lowest BCUT2D eigenvalue weighted by atomic mass is 9.45. The Morgan fingerprint density at radius 1 is 1.28 bits per heavy atom. The zero-order valence-electron chi connectivity index (χ0n) is 11.3. The molecule has 4 aliphatic carbocycles. The van der Waals surface area contributed by atoms with Gasteiger partial charge in [0.25, 0.3) is 0 Å². The summed E-state index contributed by atoms with van der Waals surface area (Å²) in [7, 11) is 0. The van der Waals surface area contributed by atoms with Crippen molar-refractivity contribution in [1.29, 1.82) is 0 Å². The number of nitrogens with two attached hydrogens (primary N) is 1. The molecule has 0 heterocycles. The van der Waals surface area contributed by atoms with E-state index in [0.29, 0.717) is 17.3 Å². The molecule has 100 valence electrons. The number of rotatable bonds is 3. The van der Waals surface area contributed by atoms with E-state index in [1.807, 2.05) is 0 Å². The third-order valence-corrected chi connectivity index (χ3v) is 6.24. The summed E-state index contributed by atoms with van der Waals surface area (Å²) >= 11 is 0. The van der Waals surface area contributed by atoms with E-state index in [1.165, 1.54) is 12.8 Å². The molecule has 4 rings (SSSR count). The maximum absolute atomic E-state index is 12.1. The monoisotopic (exact) mass is 250 g/mol. The molecule has 0 aliphatic heterocycles. The zero-order chi connectivity index (χ0) is 13.3. The maximum atomic E-state index is 12.1. The lowest BCUT2D eigenvalue weighted by Crippen LogP contribution is -2.52. The van der Waals surface area contributed by atoms with Crippen molar-refractivity contribution in [3.8, 4) is 0 Å². The van der Waals surface area contributed by atoms with Crippen molar-refractivity contribution in [2.45, 2.75) is 33.6 Å². The third-order valence-electron chi connectivity index (χ3n) is 6.24. The van der Waals surface area contributed by atoms with Crippen LogP contribution in [0.1, 0.15) is 33.6 Å². The van der Waals surface area contributed by atoms with Crippen molar-refractivity contribution in [2.75, 3.05) is 6.54 Å². The van der Waals surface area contributed by atoms with Crippen LogP contribution >= 0.6 is 0 Å². The molecule has 3 unspecified atom stereocenters. The van der Waals surface area contributed by atoms with Crippen LogP contribution in [0.5, 0.6) is 0 Å². The summed E-state index contributed by atoms with van der Waals surface area (Å²) in [5.41, 5.74) is 5.63. The van der Waals surface area contributed by atoms with Gasteiger partial charge in [0.05, 0.1) is 6.54 Å². The van der Waals surface area contributed by atoms with Crippen molar-refractivity contribution < 1.29 is 9.59 Å². The molecule has 4 heteroatoms. The smallest absolute Gasteiger partial charge is 0.236 e. The van der Waals surface area contributed by atoms with Crippen molar-refractivity contribution in [1.82, 2.24) is 5.32 Å². The molecule has 4 fully saturated rings. The van der Waals surface area contributed by atoms with E-state index in [0.717, 1.165) is 5.92 Å². The first-order chi connectivity index (χ1) is 8.29. The van der Waals surface area contributed by atoms with Crippen LogP contribution in [0.25, 0.3) is 0 Å². The Bertz CT molecular complexity index is 432. The molecule has 4 saturated carbocycles. The number of carbonyl (C=O) groups excluding carboxylic acids is 2. The fourth-order valence-corrected chi connectivity index (χ4v) is 5.02. The molecule has 3 N–H and O–H groups in total. The summed E-state index contributed by atoms with van der Waals surface area (Å²) in [6, 6.07) is 0. The molecule has 18 heavy (non-hydrogen) atoms. The Morgan fingerprint density at radius 3 is 2.44 bits per heavy atom. The molecule has 4 nitrogen and oxygen atoms in total. The van der Waals surface area contributed by atoms with Crippen LogP contribution in [-0.2, 0) is 9.59 Å². The minimum absolute atomic E-state index is 0.0321. The van der Waals surface area contributed by atoms with Gasteiger partial charge in [-0.2, -0.15) is 0 Å². The summed E-state index contributed by atoms with van der Waals surface area (Å²) in [6.45, 7) is 6.90. The Balaban J connectivity index is 1.71. The normalized spacial score (nSPS) is 46.6. The van der Waals surface area contributed by atoms with Crippen LogP contribution in [-0.4, -0.2) is 18.4 Å². The Hall–Kier alpha value is -1.06. The molecule has 2 amide bonds. The zero-order valence-corrected chi connectivity index (χ0v) is 11.3. The molecular formula is C14H22N2O2.